The van der Waals surface area contributed by atoms with Crippen molar-refractivity contribution in [2.45, 2.75) is 6.92 Å². The van der Waals surface area contributed by atoms with E-state index in [1.807, 2.05) is 35.1 Å². The molecular formula is C21H17N3Se. The van der Waals surface area contributed by atoms with Crippen LogP contribution >= 0.6 is 0 Å². The molecule has 0 N–H and O–H groups in total. The summed E-state index contributed by atoms with van der Waals surface area (Å²) in [5, 5.41) is 8.70. The number of aryl methyl sites for hydroxylation is 1. The quantitative estimate of drug-likeness (QED) is 0.502. The Morgan fingerprint density at radius 3 is 2.32 bits per heavy atom. The molecule has 4 aromatic rings. The van der Waals surface area contributed by atoms with Gasteiger partial charge in [-0.3, -0.25) is 0 Å². The molecule has 4 heteroatoms. The van der Waals surface area contributed by atoms with Gasteiger partial charge in [-0.05, 0) is 0 Å². The van der Waals surface area contributed by atoms with Crippen molar-refractivity contribution < 1.29 is 0 Å². The fourth-order valence-electron chi connectivity index (χ4n) is 2.59. The number of hydrogen-bond donors (Lipinski definition) is 0. The first kappa shape index (κ1) is 15.8. The molecule has 3 aromatic carbocycles. The number of benzene rings is 3. The molecular weight excluding hydrogens is 373 g/mol. The molecule has 1 heterocycles. The van der Waals surface area contributed by atoms with E-state index in [1.54, 1.807) is 0 Å². The summed E-state index contributed by atoms with van der Waals surface area (Å²) in [6, 6.07) is 27.3. The van der Waals surface area contributed by atoms with Crippen LogP contribution in [0.2, 0.25) is 0 Å². The van der Waals surface area contributed by atoms with Crippen LogP contribution in [0.1, 0.15) is 5.56 Å². The number of para-hydroxylation sites is 1. The third-order valence-corrected chi connectivity index (χ3v) is 6.18. The van der Waals surface area contributed by atoms with Crippen molar-refractivity contribution in [3.63, 3.8) is 0 Å². The van der Waals surface area contributed by atoms with Crippen LogP contribution in [-0.2, 0) is 0 Å². The molecule has 0 atom stereocenters. The second kappa shape index (κ2) is 7.06. The average Bonchev–Trinajstić information content (AvgIpc) is 3.15. The molecule has 0 amide bonds. The summed E-state index contributed by atoms with van der Waals surface area (Å²) in [7, 11) is 0. The minimum atomic E-state index is 0.225. The Kier molecular flexibility index (Phi) is 4.47. The summed E-state index contributed by atoms with van der Waals surface area (Å²) < 4.78 is 4.53. The van der Waals surface area contributed by atoms with E-state index in [9.17, 15) is 0 Å². The van der Waals surface area contributed by atoms with Gasteiger partial charge in [0, 0.05) is 0 Å². The molecule has 0 bridgehead atoms. The van der Waals surface area contributed by atoms with Crippen LogP contribution < -0.4 is 8.92 Å². The van der Waals surface area contributed by atoms with Gasteiger partial charge in [0.1, 0.15) is 0 Å². The first-order valence-corrected chi connectivity index (χ1v) is 9.82. The van der Waals surface area contributed by atoms with Crippen molar-refractivity contribution in [2.75, 3.05) is 0 Å². The Balaban J connectivity index is 1.67. The van der Waals surface area contributed by atoms with Crippen molar-refractivity contribution in [3.05, 3.63) is 90.6 Å². The van der Waals surface area contributed by atoms with Crippen molar-refractivity contribution in [2.24, 2.45) is 0 Å². The van der Waals surface area contributed by atoms with Crippen molar-refractivity contribution in [1.82, 2.24) is 15.0 Å². The molecule has 0 saturated carbocycles. The van der Waals surface area contributed by atoms with Gasteiger partial charge in [-0.2, -0.15) is 0 Å². The van der Waals surface area contributed by atoms with Crippen LogP contribution in [0.15, 0.2) is 85.1 Å². The van der Waals surface area contributed by atoms with Gasteiger partial charge in [0.15, 0.2) is 0 Å². The Bertz CT molecular complexity index is 975. The molecule has 0 aliphatic rings. The molecule has 0 radical (unpaired) electrons. The van der Waals surface area contributed by atoms with Gasteiger partial charge in [0.2, 0.25) is 0 Å². The zero-order valence-corrected chi connectivity index (χ0v) is 15.5. The molecule has 0 unspecified atom stereocenters. The molecule has 0 fully saturated rings. The van der Waals surface area contributed by atoms with Gasteiger partial charge in [-0.25, -0.2) is 0 Å². The molecule has 0 aliphatic carbocycles. The number of nitrogens with zero attached hydrogens (tertiary/aromatic N) is 3. The SMILES string of the molecule is Cc1ccc([Se]c2ccccc2-n2cc(-c3ccccc3)nn2)cc1. The predicted octanol–water partition coefficient (Wildman–Crippen LogP) is 2.90. The molecule has 0 aliphatic heterocycles. The Morgan fingerprint density at radius 1 is 0.800 bits per heavy atom. The van der Waals surface area contributed by atoms with E-state index in [0.29, 0.717) is 0 Å². The summed E-state index contributed by atoms with van der Waals surface area (Å²) in [5.41, 5.74) is 4.35. The third-order valence-electron chi connectivity index (χ3n) is 3.92. The normalized spacial score (nSPS) is 10.8. The monoisotopic (exact) mass is 391 g/mol. The van der Waals surface area contributed by atoms with Crippen molar-refractivity contribution >= 4 is 23.9 Å². The topological polar surface area (TPSA) is 30.7 Å². The molecule has 0 spiro atoms. The second-order valence-electron chi connectivity index (χ2n) is 5.80. The number of rotatable bonds is 4. The minimum absolute atomic E-state index is 0.225. The summed E-state index contributed by atoms with van der Waals surface area (Å²) in [6.07, 6.45) is 2.00. The van der Waals surface area contributed by atoms with Gasteiger partial charge in [0.05, 0.1) is 0 Å². The van der Waals surface area contributed by atoms with Crippen molar-refractivity contribution in [3.8, 4) is 16.9 Å². The van der Waals surface area contributed by atoms with Crippen LogP contribution in [-0.4, -0.2) is 30.0 Å². The van der Waals surface area contributed by atoms with E-state index in [4.69, 9.17) is 0 Å². The molecule has 122 valence electrons. The van der Waals surface area contributed by atoms with Crippen LogP contribution in [0.4, 0.5) is 0 Å². The Hall–Kier alpha value is -2.68. The van der Waals surface area contributed by atoms with E-state index in [0.717, 1.165) is 16.9 Å². The van der Waals surface area contributed by atoms with Gasteiger partial charge in [-0.1, -0.05) is 0 Å². The fourth-order valence-corrected chi connectivity index (χ4v) is 4.56. The zero-order chi connectivity index (χ0) is 17.1. The molecule has 3 nitrogen and oxygen atoms in total. The maximum atomic E-state index is 4.36. The standard InChI is InChI=1S/C21H17N3Se/c1-16-11-13-18(14-12-16)25-21-10-6-5-9-20(21)24-15-19(22-23-24)17-7-3-2-4-8-17/h2-15H,1H3. The summed E-state index contributed by atoms with van der Waals surface area (Å²) in [4.78, 5) is 0. The van der Waals surface area contributed by atoms with Crippen LogP contribution in [0.25, 0.3) is 16.9 Å². The number of aromatic nitrogens is 3. The van der Waals surface area contributed by atoms with Gasteiger partial charge >= 0.3 is 153 Å². The fraction of sp³-hybridized carbons (Fsp3) is 0.0476. The van der Waals surface area contributed by atoms with Gasteiger partial charge in [-0.15, -0.1) is 0 Å². The number of hydrogen-bond acceptors (Lipinski definition) is 2. The molecule has 25 heavy (non-hydrogen) atoms. The first-order chi connectivity index (χ1) is 12.3. The Morgan fingerprint density at radius 2 is 1.52 bits per heavy atom. The van der Waals surface area contributed by atoms with Gasteiger partial charge < -0.3 is 0 Å². The van der Waals surface area contributed by atoms with E-state index in [2.05, 4.69) is 71.8 Å². The van der Waals surface area contributed by atoms with Crippen LogP contribution in [0.5, 0.6) is 0 Å². The van der Waals surface area contributed by atoms with E-state index in [1.165, 1.54) is 14.5 Å². The Labute approximate surface area is 153 Å². The first-order valence-electron chi connectivity index (χ1n) is 8.11. The van der Waals surface area contributed by atoms with Crippen molar-refractivity contribution in [1.29, 1.82) is 0 Å². The van der Waals surface area contributed by atoms with Crippen LogP contribution in [0.3, 0.4) is 0 Å². The van der Waals surface area contributed by atoms with Crippen LogP contribution in [0, 0.1) is 6.92 Å². The summed E-state index contributed by atoms with van der Waals surface area (Å²) >= 11 is 0.225. The maximum absolute atomic E-state index is 4.36. The third kappa shape index (κ3) is 3.55. The average molecular weight is 390 g/mol. The summed E-state index contributed by atoms with van der Waals surface area (Å²) in [6.45, 7) is 2.12. The predicted molar refractivity (Wildman–Crippen MR) is 103 cm³/mol. The van der Waals surface area contributed by atoms with Gasteiger partial charge in [0.25, 0.3) is 0 Å². The van der Waals surface area contributed by atoms with E-state index < -0.39 is 0 Å². The summed E-state index contributed by atoms with van der Waals surface area (Å²) in [5.74, 6) is 0. The molecule has 4 rings (SSSR count). The second-order valence-corrected chi connectivity index (χ2v) is 8.14. The zero-order valence-electron chi connectivity index (χ0n) is 13.8. The molecule has 0 saturated heterocycles. The van der Waals surface area contributed by atoms with E-state index >= 15 is 0 Å². The van der Waals surface area contributed by atoms with E-state index in [-0.39, 0.29) is 15.0 Å². The molecule has 1 aromatic heterocycles.